The standard InChI is InChI=1S/C26H26N4O3S/c1-16-13-17(2)28-26(27-16)34-23-11-7-21(8-12-23)29-25(31)14-20-5-9-22(10-6-20)32-15-24-18(3)30-33-19(24)4/h5-13H,14-15H2,1-4H3,(H,29,31). The van der Waals surface area contributed by atoms with E-state index in [0.717, 1.165) is 50.3 Å². The molecular formula is C26H26N4O3S. The highest BCUT2D eigenvalue weighted by atomic mass is 32.2. The molecule has 7 nitrogen and oxygen atoms in total. The minimum Gasteiger partial charge on any atom is -0.489 e. The molecule has 8 heteroatoms. The Morgan fingerprint density at radius 3 is 2.26 bits per heavy atom. The van der Waals surface area contributed by atoms with Gasteiger partial charge in [-0.1, -0.05) is 17.3 Å². The Hall–Kier alpha value is -3.65. The second kappa shape index (κ2) is 10.5. The first kappa shape index (κ1) is 23.5. The largest absolute Gasteiger partial charge is 0.489 e. The van der Waals surface area contributed by atoms with Crippen LogP contribution >= 0.6 is 11.8 Å². The number of aromatic nitrogens is 3. The van der Waals surface area contributed by atoms with E-state index in [0.29, 0.717) is 11.8 Å². The number of carbonyl (C=O) groups excluding carboxylic acids is 1. The molecule has 0 radical (unpaired) electrons. The Morgan fingerprint density at radius 1 is 0.971 bits per heavy atom. The molecule has 2 aromatic heterocycles. The smallest absolute Gasteiger partial charge is 0.228 e. The third-order valence-electron chi connectivity index (χ3n) is 5.16. The number of hydrogen-bond donors (Lipinski definition) is 1. The Labute approximate surface area is 203 Å². The van der Waals surface area contributed by atoms with E-state index in [1.165, 1.54) is 11.8 Å². The maximum Gasteiger partial charge on any atom is 0.228 e. The molecule has 0 aliphatic heterocycles. The normalized spacial score (nSPS) is 10.8. The molecule has 174 valence electrons. The molecule has 0 aliphatic rings. The fourth-order valence-electron chi connectivity index (χ4n) is 3.41. The molecule has 1 N–H and O–H groups in total. The summed E-state index contributed by atoms with van der Waals surface area (Å²) < 4.78 is 11.0. The van der Waals surface area contributed by atoms with E-state index in [1.54, 1.807) is 0 Å². The molecule has 0 saturated heterocycles. The lowest BCUT2D eigenvalue weighted by molar-refractivity contribution is -0.115. The summed E-state index contributed by atoms with van der Waals surface area (Å²) in [4.78, 5) is 22.4. The molecule has 2 heterocycles. The van der Waals surface area contributed by atoms with Crippen molar-refractivity contribution in [1.29, 1.82) is 0 Å². The molecule has 0 fully saturated rings. The number of carbonyl (C=O) groups is 1. The number of aryl methyl sites for hydroxylation is 4. The Morgan fingerprint density at radius 2 is 1.65 bits per heavy atom. The number of hydrogen-bond acceptors (Lipinski definition) is 7. The van der Waals surface area contributed by atoms with E-state index >= 15 is 0 Å². The minimum atomic E-state index is -0.0811. The predicted molar refractivity (Wildman–Crippen MR) is 131 cm³/mol. The van der Waals surface area contributed by atoms with Gasteiger partial charge in [0.15, 0.2) is 5.16 Å². The van der Waals surface area contributed by atoms with Crippen LogP contribution in [0.1, 0.15) is 34.0 Å². The van der Waals surface area contributed by atoms with Gasteiger partial charge >= 0.3 is 0 Å². The maximum absolute atomic E-state index is 12.5. The summed E-state index contributed by atoms with van der Waals surface area (Å²) in [5.74, 6) is 1.41. The van der Waals surface area contributed by atoms with Crippen molar-refractivity contribution in [2.45, 2.75) is 50.8 Å². The summed E-state index contributed by atoms with van der Waals surface area (Å²) in [7, 11) is 0. The number of amides is 1. The van der Waals surface area contributed by atoms with Gasteiger partial charge in [-0.05, 0) is 87.5 Å². The van der Waals surface area contributed by atoms with Gasteiger partial charge in [-0.3, -0.25) is 4.79 Å². The Kier molecular flexibility index (Phi) is 7.27. The van der Waals surface area contributed by atoms with E-state index in [4.69, 9.17) is 9.26 Å². The molecule has 0 saturated carbocycles. The SMILES string of the molecule is Cc1cc(C)nc(Sc2ccc(NC(=O)Cc3ccc(OCc4c(C)noc4C)cc3)cc2)n1. The molecule has 0 atom stereocenters. The zero-order valence-corrected chi connectivity index (χ0v) is 20.4. The third-order valence-corrected chi connectivity index (χ3v) is 6.03. The van der Waals surface area contributed by atoms with Crippen LogP contribution in [0.15, 0.2) is 69.2 Å². The number of benzene rings is 2. The molecule has 4 rings (SSSR count). The van der Waals surface area contributed by atoms with Crippen molar-refractivity contribution in [3.8, 4) is 5.75 Å². The molecule has 0 aliphatic carbocycles. The van der Waals surface area contributed by atoms with Crippen molar-refractivity contribution in [3.05, 3.63) is 88.6 Å². The number of nitrogens with zero attached hydrogens (tertiary/aromatic N) is 3. The highest BCUT2D eigenvalue weighted by Crippen LogP contribution is 2.26. The zero-order chi connectivity index (χ0) is 24.1. The lowest BCUT2D eigenvalue weighted by Gasteiger charge is -2.09. The van der Waals surface area contributed by atoms with Crippen molar-refractivity contribution in [2.24, 2.45) is 0 Å². The summed E-state index contributed by atoms with van der Waals surface area (Å²) in [6.07, 6.45) is 0.275. The maximum atomic E-state index is 12.5. The van der Waals surface area contributed by atoms with Crippen LogP contribution in [-0.4, -0.2) is 21.0 Å². The second-order valence-corrected chi connectivity index (χ2v) is 9.06. The summed E-state index contributed by atoms with van der Waals surface area (Å²) in [5, 5.41) is 7.59. The summed E-state index contributed by atoms with van der Waals surface area (Å²) >= 11 is 1.50. The summed E-state index contributed by atoms with van der Waals surface area (Å²) in [5.41, 5.74) is 5.32. The van der Waals surface area contributed by atoms with Crippen molar-refractivity contribution < 1.29 is 14.1 Å². The quantitative estimate of drug-likeness (QED) is 0.332. The van der Waals surface area contributed by atoms with Crippen LogP contribution in [0.2, 0.25) is 0 Å². The molecular weight excluding hydrogens is 448 g/mol. The molecule has 0 unspecified atom stereocenters. The first-order valence-electron chi connectivity index (χ1n) is 10.9. The van der Waals surface area contributed by atoms with Crippen LogP contribution in [0, 0.1) is 27.7 Å². The average Bonchev–Trinajstić information content (AvgIpc) is 3.11. The number of rotatable bonds is 8. The van der Waals surface area contributed by atoms with Crippen LogP contribution in [0.5, 0.6) is 5.75 Å². The van der Waals surface area contributed by atoms with Crippen molar-refractivity contribution in [1.82, 2.24) is 15.1 Å². The summed E-state index contributed by atoms with van der Waals surface area (Å²) in [6.45, 7) is 8.07. The van der Waals surface area contributed by atoms with Gasteiger partial charge in [0.2, 0.25) is 5.91 Å². The van der Waals surface area contributed by atoms with Gasteiger partial charge in [0, 0.05) is 22.0 Å². The summed E-state index contributed by atoms with van der Waals surface area (Å²) in [6, 6.07) is 17.1. The first-order valence-corrected chi connectivity index (χ1v) is 11.7. The Bertz CT molecular complexity index is 1240. The lowest BCUT2D eigenvalue weighted by Crippen LogP contribution is -2.14. The van der Waals surface area contributed by atoms with Gasteiger partial charge in [0.25, 0.3) is 0 Å². The molecule has 1 amide bonds. The highest BCUT2D eigenvalue weighted by molar-refractivity contribution is 7.99. The van der Waals surface area contributed by atoms with Crippen LogP contribution in [0.25, 0.3) is 0 Å². The predicted octanol–water partition coefficient (Wildman–Crippen LogP) is 5.61. The lowest BCUT2D eigenvalue weighted by atomic mass is 10.1. The zero-order valence-electron chi connectivity index (χ0n) is 19.6. The molecule has 0 spiro atoms. The van der Waals surface area contributed by atoms with Crippen LogP contribution in [0.3, 0.4) is 0 Å². The topological polar surface area (TPSA) is 90.1 Å². The second-order valence-electron chi connectivity index (χ2n) is 8.02. The highest BCUT2D eigenvalue weighted by Gasteiger charge is 2.10. The van der Waals surface area contributed by atoms with Crippen molar-refractivity contribution in [3.63, 3.8) is 0 Å². The van der Waals surface area contributed by atoms with Gasteiger partial charge in [0.1, 0.15) is 18.1 Å². The minimum absolute atomic E-state index is 0.0811. The van der Waals surface area contributed by atoms with E-state index in [1.807, 2.05) is 82.3 Å². The number of ether oxygens (including phenoxy) is 1. The fraction of sp³-hybridized carbons (Fsp3) is 0.231. The number of anilines is 1. The molecule has 2 aromatic carbocycles. The van der Waals surface area contributed by atoms with Crippen LogP contribution in [-0.2, 0) is 17.8 Å². The monoisotopic (exact) mass is 474 g/mol. The van der Waals surface area contributed by atoms with E-state index in [9.17, 15) is 4.79 Å². The fourth-order valence-corrected chi connectivity index (χ4v) is 4.27. The van der Waals surface area contributed by atoms with Gasteiger partial charge in [-0.15, -0.1) is 0 Å². The van der Waals surface area contributed by atoms with Gasteiger partial charge in [-0.25, -0.2) is 9.97 Å². The third kappa shape index (κ3) is 6.23. The van der Waals surface area contributed by atoms with E-state index < -0.39 is 0 Å². The number of nitrogens with one attached hydrogen (secondary N) is 1. The molecule has 0 bridgehead atoms. The molecule has 34 heavy (non-hydrogen) atoms. The van der Waals surface area contributed by atoms with Crippen molar-refractivity contribution in [2.75, 3.05) is 5.32 Å². The van der Waals surface area contributed by atoms with E-state index in [-0.39, 0.29) is 12.3 Å². The van der Waals surface area contributed by atoms with Gasteiger partial charge < -0.3 is 14.6 Å². The van der Waals surface area contributed by atoms with Crippen LogP contribution < -0.4 is 10.1 Å². The van der Waals surface area contributed by atoms with Crippen molar-refractivity contribution >= 4 is 23.4 Å². The van der Waals surface area contributed by atoms with Gasteiger partial charge in [-0.2, -0.15) is 0 Å². The Balaban J connectivity index is 1.28. The first-order chi connectivity index (χ1) is 16.4. The van der Waals surface area contributed by atoms with Gasteiger partial charge in [0.05, 0.1) is 17.7 Å². The average molecular weight is 475 g/mol. The molecule has 4 aromatic rings. The van der Waals surface area contributed by atoms with Crippen LogP contribution in [0.4, 0.5) is 5.69 Å². The van der Waals surface area contributed by atoms with E-state index in [2.05, 4.69) is 20.4 Å².